The van der Waals surface area contributed by atoms with Crippen molar-refractivity contribution >= 4 is 12.6 Å². The molecule has 1 aliphatic rings. The summed E-state index contributed by atoms with van der Waals surface area (Å²) in [7, 11) is -0.510. The van der Waals surface area contributed by atoms with Gasteiger partial charge in [0.05, 0.1) is 11.2 Å². The van der Waals surface area contributed by atoms with Gasteiger partial charge in [-0.15, -0.1) is 0 Å². The Balaban J connectivity index is 2.21. The molecule has 0 spiro atoms. The average Bonchev–Trinajstić information content (AvgIpc) is 2.59. The SMILES string of the molecule is CCC(F)(F)c1ccc(B2OC(C)(C)C(C)(C)O2)cc1. The predicted molar refractivity (Wildman–Crippen MR) is 76.3 cm³/mol. The van der Waals surface area contributed by atoms with Gasteiger partial charge in [0, 0.05) is 12.0 Å². The molecule has 0 aromatic heterocycles. The van der Waals surface area contributed by atoms with Crippen molar-refractivity contribution in [1.82, 2.24) is 0 Å². The van der Waals surface area contributed by atoms with Crippen molar-refractivity contribution in [3.63, 3.8) is 0 Å². The fraction of sp³-hybridized carbons (Fsp3) is 0.600. The van der Waals surface area contributed by atoms with E-state index in [9.17, 15) is 8.78 Å². The van der Waals surface area contributed by atoms with Gasteiger partial charge in [0.15, 0.2) is 0 Å². The van der Waals surface area contributed by atoms with Crippen molar-refractivity contribution in [2.75, 3.05) is 0 Å². The molecule has 5 heteroatoms. The minimum atomic E-state index is -2.78. The molecule has 1 fully saturated rings. The molecule has 1 aromatic carbocycles. The summed E-state index contributed by atoms with van der Waals surface area (Å²) in [6.07, 6.45) is -0.206. The fourth-order valence-electron chi connectivity index (χ4n) is 2.07. The highest BCUT2D eigenvalue weighted by atomic mass is 19.3. The Labute approximate surface area is 119 Å². The molecule has 1 heterocycles. The molecule has 0 aliphatic carbocycles. The third-order valence-corrected chi connectivity index (χ3v) is 4.30. The normalized spacial score (nSPS) is 21.2. The van der Waals surface area contributed by atoms with Crippen molar-refractivity contribution in [3.8, 4) is 0 Å². The molecule has 0 N–H and O–H groups in total. The van der Waals surface area contributed by atoms with Crippen LogP contribution >= 0.6 is 0 Å². The van der Waals surface area contributed by atoms with Crippen LogP contribution in [0.15, 0.2) is 24.3 Å². The largest absolute Gasteiger partial charge is 0.494 e. The number of halogens is 2. The second-order valence-corrected chi connectivity index (χ2v) is 6.27. The fourth-order valence-corrected chi connectivity index (χ4v) is 2.07. The van der Waals surface area contributed by atoms with Crippen molar-refractivity contribution in [2.45, 2.75) is 58.2 Å². The van der Waals surface area contributed by atoms with E-state index in [1.807, 2.05) is 27.7 Å². The summed E-state index contributed by atoms with van der Waals surface area (Å²) in [4.78, 5) is 0. The molecule has 2 rings (SSSR count). The van der Waals surface area contributed by atoms with E-state index in [0.29, 0.717) is 0 Å². The van der Waals surface area contributed by atoms with Gasteiger partial charge in [-0.25, -0.2) is 8.78 Å². The van der Waals surface area contributed by atoms with E-state index in [-0.39, 0.29) is 12.0 Å². The molecule has 1 aliphatic heterocycles. The molecule has 1 aromatic rings. The maximum Gasteiger partial charge on any atom is 0.494 e. The molecular weight excluding hydrogens is 261 g/mol. The third-order valence-electron chi connectivity index (χ3n) is 4.30. The number of benzene rings is 1. The standard InChI is InChI=1S/C15H21BF2O2/c1-6-15(17,18)11-7-9-12(10-8-11)16-19-13(2,3)14(4,5)20-16/h7-10H,6H2,1-5H3. The third kappa shape index (κ3) is 2.61. The molecule has 0 radical (unpaired) electrons. The summed E-state index contributed by atoms with van der Waals surface area (Å²) in [5, 5.41) is 0. The van der Waals surface area contributed by atoms with Crippen LogP contribution in [0.1, 0.15) is 46.6 Å². The van der Waals surface area contributed by atoms with Gasteiger partial charge < -0.3 is 9.31 Å². The van der Waals surface area contributed by atoms with E-state index in [0.717, 1.165) is 5.46 Å². The predicted octanol–water partition coefficient (Wildman–Crippen LogP) is 3.49. The zero-order valence-corrected chi connectivity index (χ0v) is 12.7. The average molecular weight is 282 g/mol. The molecule has 20 heavy (non-hydrogen) atoms. The topological polar surface area (TPSA) is 18.5 Å². The van der Waals surface area contributed by atoms with Crippen LogP contribution in [0.4, 0.5) is 8.78 Å². The molecule has 0 amide bonds. The maximum atomic E-state index is 13.6. The Morgan fingerprint density at radius 1 is 1.00 bits per heavy atom. The molecule has 0 saturated carbocycles. The van der Waals surface area contributed by atoms with Crippen LogP contribution in [-0.2, 0) is 15.2 Å². The lowest BCUT2D eigenvalue weighted by molar-refractivity contribution is -0.00827. The molecule has 2 nitrogen and oxygen atoms in total. The second kappa shape index (κ2) is 4.81. The van der Waals surface area contributed by atoms with Gasteiger partial charge in [0.2, 0.25) is 0 Å². The lowest BCUT2D eigenvalue weighted by atomic mass is 9.78. The molecule has 1 saturated heterocycles. The summed E-state index contributed by atoms with van der Waals surface area (Å²) >= 11 is 0. The molecule has 0 atom stereocenters. The van der Waals surface area contributed by atoms with Gasteiger partial charge in [-0.05, 0) is 33.2 Å². The zero-order valence-electron chi connectivity index (χ0n) is 12.7. The number of rotatable bonds is 3. The molecule has 0 bridgehead atoms. The highest BCUT2D eigenvalue weighted by molar-refractivity contribution is 6.62. The van der Waals surface area contributed by atoms with Crippen LogP contribution in [0.5, 0.6) is 0 Å². The van der Waals surface area contributed by atoms with Crippen LogP contribution in [0.2, 0.25) is 0 Å². The van der Waals surface area contributed by atoms with Crippen LogP contribution in [0, 0.1) is 0 Å². The quantitative estimate of drug-likeness (QED) is 0.790. The highest BCUT2D eigenvalue weighted by Gasteiger charge is 2.51. The summed E-state index contributed by atoms with van der Waals surface area (Å²) in [6, 6.07) is 6.20. The Bertz CT molecular complexity index is 467. The molecule has 0 unspecified atom stereocenters. The first-order valence-corrected chi connectivity index (χ1v) is 6.93. The molecule has 110 valence electrons. The van der Waals surface area contributed by atoms with Gasteiger partial charge in [0.1, 0.15) is 0 Å². The number of hydrogen-bond donors (Lipinski definition) is 0. The smallest absolute Gasteiger partial charge is 0.399 e. The van der Waals surface area contributed by atoms with E-state index in [2.05, 4.69) is 0 Å². The van der Waals surface area contributed by atoms with Crippen LogP contribution in [-0.4, -0.2) is 18.3 Å². The summed E-state index contributed by atoms with van der Waals surface area (Å²) in [5.41, 5.74) is -0.0625. The van der Waals surface area contributed by atoms with E-state index in [1.54, 1.807) is 12.1 Å². The number of alkyl halides is 2. The highest BCUT2D eigenvalue weighted by Crippen LogP contribution is 2.36. The summed E-state index contributed by atoms with van der Waals surface area (Å²) < 4.78 is 38.9. The first-order chi connectivity index (χ1) is 9.09. The first-order valence-electron chi connectivity index (χ1n) is 6.93. The van der Waals surface area contributed by atoms with Gasteiger partial charge in [-0.1, -0.05) is 31.2 Å². The maximum absolute atomic E-state index is 13.6. The van der Waals surface area contributed by atoms with Crippen molar-refractivity contribution in [3.05, 3.63) is 29.8 Å². The van der Waals surface area contributed by atoms with E-state index < -0.39 is 24.2 Å². The summed E-state index contributed by atoms with van der Waals surface area (Å²) in [5.74, 6) is -2.78. The van der Waals surface area contributed by atoms with Crippen LogP contribution < -0.4 is 5.46 Å². The second-order valence-electron chi connectivity index (χ2n) is 6.27. The van der Waals surface area contributed by atoms with E-state index in [4.69, 9.17) is 9.31 Å². The number of hydrogen-bond acceptors (Lipinski definition) is 2. The van der Waals surface area contributed by atoms with Crippen LogP contribution in [0.3, 0.4) is 0 Å². The van der Waals surface area contributed by atoms with Gasteiger partial charge in [-0.3, -0.25) is 0 Å². The monoisotopic (exact) mass is 282 g/mol. The van der Waals surface area contributed by atoms with Crippen molar-refractivity contribution in [1.29, 1.82) is 0 Å². The van der Waals surface area contributed by atoms with E-state index >= 15 is 0 Å². The minimum absolute atomic E-state index is 0.0280. The van der Waals surface area contributed by atoms with Crippen molar-refractivity contribution < 1.29 is 18.1 Å². The Morgan fingerprint density at radius 3 is 1.85 bits per heavy atom. The summed E-state index contributed by atoms with van der Waals surface area (Å²) in [6.45, 7) is 9.33. The zero-order chi connectivity index (χ0) is 15.2. The minimum Gasteiger partial charge on any atom is -0.399 e. The van der Waals surface area contributed by atoms with Gasteiger partial charge in [-0.2, -0.15) is 0 Å². The van der Waals surface area contributed by atoms with E-state index in [1.165, 1.54) is 19.1 Å². The van der Waals surface area contributed by atoms with Gasteiger partial charge in [0.25, 0.3) is 5.92 Å². The van der Waals surface area contributed by atoms with Gasteiger partial charge >= 0.3 is 7.12 Å². The molecular formula is C15H21BF2O2. The van der Waals surface area contributed by atoms with Crippen LogP contribution in [0.25, 0.3) is 0 Å². The Kier molecular flexibility index (Phi) is 3.72. The Morgan fingerprint density at radius 2 is 1.45 bits per heavy atom. The Hall–Kier alpha value is -0.935. The lowest BCUT2D eigenvalue weighted by Gasteiger charge is -2.32. The first kappa shape index (κ1) is 15.5. The lowest BCUT2D eigenvalue weighted by Crippen LogP contribution is -2.41. The van der Waals surface area contributed by atoms with Crippen molar-refractivity contribution in [2.24, 2.45) is 0 Å².